The summed E-state index contributed by atoms with van der Waals surface area (Å²) in [6, 6.07) is 31.0. The van der Waals surface area contributed by atoms with E-state index in [1.54, 1.807) is 12.1 Å². The summed E-state index contributed by atoms with van der Waals surface area (Å²) >= 11 is 0. The van der Waals surface area contributed by atoms with Crippen LogP contribution in [-0.4, -0.2) is 68.2 Å². The summed E-state index contributed by atoms with van der Waals surface area (Å²) in [4.78, 5) is 13.6. The molecule has 2 atom stereocenters. The van der Waals surface area contributed by atoms with Crippen LogP contribution in [0.3, 0.4) is 0 Å². The lowest BCUT2D eigenvalue weighted by atomic mass is 9.86. The van der Waals surface area contributed by atoms with Gasteiger partial charge in [0, 0.05) is 36.5 Å². The minimum absolute atomic E-state index is 0.0233. The number of carbonyl (C=O) groups is 1. The average Bonchev–Trinajstić information content (AvgIpc) is 3.13. The maximum Gasteiger partial charge on any atom is 0.211 e. The van der Waals surface area contributed by atoms with E-state index in [4.69, 9.17) is 9.16 Å². The summed E-state index contributed by atoms with van der Waals surface area (Å²) in [6.07, 6.45) is 2.82. The van der Waals surface area contributed by atoms with Gasteiger partial charge in [0.2, 0.25) is 6.41 Å². The Labute approximate surface area is 331 Å². The van der Waals surface area contributed by atoms with Gasteiger partial charge in [-0.1, -0.05) is 81.4 Å². The number of hydrogen-bond donors (Lipinski definition) is 4. The minimum atomic E-state index is -2.12. The van der Waals surface area contributed by atoms with Gasteiger partial charge in [-0.3, -0.25) is 9.69 Å². The fourth-order valence-corrected chi connectivity index (χ4v) is 8.10. The Morgan fingerprint density at radius 3 is 2.09 bits per heavy atom. The van der Waals surface area contributed by atoms with Crippen LogP contribution in [0.1, 0.15) is 94.7 Å². The average molecular weight is 768 g/mol. The number of benzene rings is 4. The number of anilines is 1. The van der Waals surface area contributed by atoms with Crippen LogP contribution in [0.15, 0.2) is 91.0 Å². The SMILES string of the molecule is CC(C)N(CCC(c1ccccc1)c1cc(CCOc2ccc(CCNCC(O[Si](C)(C)C(C)(C)C)c3ccc(O)c(NC=O)c3)cc2)ccc1O)C(C)C. The minimum Gasteiger partial charge on any atom is -0.508 e. The molecule has 0 saturated carbocycles. The van der Waals surface area contributed by atoms with Crippen molar-refractivity contribution in [2.75, 3.05) is 31.6 Å². The summed E-state index contributed by atoms with van der Waals surface area (Å²) in [5, 5.41) is 27.5. The predicted molar refractivity (Wildman–Crippen MR) is 229 cm³/mol. The number of nitrogens with one attached hydrogen (secondary N) is 2. The molecule has 0 spiro atoms. The number of ether oxygens (including phenoxy) is 1. The lowest BCUT2D eigenvalue weighted by Crippen LogP contribution is -2.43. The van der Waals surface area contributed by atoms with Gasteiger partial charge in [0.15, 0.2) is 8.32 Å². The third-order valence-electron chi connectivity index (χ3n) is 11.0. The van der Waals surface area contributed by atoms with Crippen molar-refractivity contribution in [1.82, 2.24) is 10.2 Å². The Hall–Kier alpha value is -4.15. The highest BCUT2D eigenvalue weighted by atomic mass is 28.4. The highest BCUT2D eigenvalue weighted by molar-refractivity contribution is 6.74. The lowest BCUT2D eigenvalue weighted by Gasteiger charge is -2.39. The molecule has 0 aromatic heterocycles. The van der Waals surface area contributed by atoms with Crippen LogP contribution in [0.5, 0.6) is 17.2 Å². The van der Waals surface area contributed by atoms with Gasteiger partial charge in [-0.15, -0.1) is 0 Å². The van der Waals surface area contributed by atoms with Crippen LogP contribution in [0.4, 0.5) is 5.69 Å². The summed E-state index contributed by atoms with van der Waals surface area (Å²) in [5.41, 5.74) is 5.80. The number of hydrogen-bond acceptors (Lipinski definition) is 7. The molecule has 4 aromatic rings. The van der Waals surface area contributed by atoms with E-state index in [-0.39, 0.29) is 22.8 Å². The number of phenols is 2. The number of carbonyl (C=O) groups excluding carboxylic acids is 1. The summed E-state index contributed by atoms with van der Waals surface area (Å²) in [7, 11) is -2.12. The van der Waals surface area contributed by atoms with Gasteiger partial charge in [-0.25, -0.2) is 0 Å². The largest absolute Gasteiger partial charge is 0.508 e. The van der Waals surface area contributed by atoms with E-state index in [2.05, 4.69) is 120 Å². The molecular formula is C46H65N3O5Si. The molecule has 1 amide bonds. The summed E-state index contributed by atoms with van der Waals surface area (Å²) in [5.74, 6) is 1.28. The Kier molecular flexibility index (Phi) is 16.0. The zero-order valence-corrected chi connectivity index (χ0v) is 35.6. The van der Waals surface area contributed by atoms with Crippen LogP contribution in [0, 0.1) is 0 Å². The van der Waals surface area contributed by atoms with Crippen LogP contribution in [0.2, 0.25) is 18.1 Å². The van der Waals surface area contributed by atoms with Crippen molar-refractivity contribution in [2.24, 2.45) is 0 Å². The van der Waals surface area contributed by atoms with Crippen LogP contribution < -0.4 is 15.4 Å². The second-order valence-corrected chi connectivity index (χ2v) is 21.4. The van der Waals surface area contributed by atoms with Crippen molar-refractivity contribution < 1.29 is 24.2 Å². The fourth-order valence-electron chi connectivity index (χ4n) is 6.81. The second kappa shape index (κ2) is 20.1. The van der Waals surface area contributed by atoms with E-state index in [1.807, 2.05) is 36.4 Å². The molecule has 55 heavy (non-hydrogen) atoms. The van der Waals surface area contributed by atoms with Gasteiger partial charge in [-0.2, -0.15) is 0 Å². The molecule has 4 N–H and O–H groups in total. The molecule has 4 aromatic carbocycles. The maximum atomic E-state index is 11.1. The highest BCUT2D eigenvalue weighted by Crippen LogP contribution is 2.40. The molecule has 0 aliphatic heterocycles. The van der Waals surface area contributed by atoms with Crippen molar-refractivity contribution in [3.63, 3.8) is 0 Å². The van der Waals surface area contributed by atoms with Crippen molar-refractivity contribution >= 4 is 20.4 Å². The predicted octanol–water partition coefficient (Wildman–Crippen LogP) is 9.82. The van der Waals surface area contributed by atoms with E-state index in [1.165, 1.54) is 11.1 Å². The maximum absolute atomic E-state index is 11.1. The first-order valence-electron chi connectivity index (χ1n) is 19.9. The Morgan fingerprint density at radius 1 is 0.800 bits per heavy atom. The zero-order chi connectivity index (χ0) is 40.2. The number of nitrogens with zero attached hydrogens (tertiary/aromatic N) is 1. The van der Waals surface area contributed by atoms with Gasteiger partial charge in [-0.05, 0) is 124 Å². The van der Waals surface area contributed by atoms with Crippen LogP contribution >= 0.6 is 0 Å². The quantitative estimate of drug-likeness (QED) is 0.0290. The molecular weight excluding hydrogens is 703 g/mol. The van der Waals surface area contributed by atoms with Crippen molar-refractivity contribution in [3.8, 4) is 17.2 Å². The first-order valence-corrected chi connectivity index (χ1v) is 22.8. The molecule has 8 nitrogen and oxygen atoms in total. The summed E-state index contributed by atoms with van der Waals surface area (Å²) < 4.78 is 13.0. The molecule has 9 heteroatoms. The van der Waals surface area contributed by atoms with Gasteiger partial charge < -0.3 is 30.0 Å². The number of aromatic hydroxyl groups is 2. The smallest absolute Gasteiger partial charge is 0.211 e. The van der Waals surface area contributed by atoms with E-state index < -0.39 is 8.32 Å². The van der Waals surface area contributed by atoms with Crippen molar-refractivity contribution in [1.29, 1.82) is 0 Å². The normalized spacial score (nSPS) is 13.3. The molecule has 0 bridgehead atoms. The topological polar surface area (TPSA) is 103 Å². The van der Waals surface area contributed by atoms with Gasteiger partial charge in [0.1, 0.15) is 17.2 Å². The standard InChI is InChI=1S/C46H65N3O5Si/c1-33(2)49(34(3)4)27-24-40(37-13-11-10-12-14-37)41-29-36(17-21-43(41)51)25-28-53-39-19-15-35(16-20-39)23-26-47-31-45(54-55(8,9)46(5,6)7)38-18-22-44(52)42(30-38)48-32-50/h10-22,29-30,32-34,40,45,47,51-52H,23-28,31H2,1-9H3,(H,48,50). The van der Waals surface area contributed by atoms with E-state index in [0.29, 0.717) is 43.1 Å². The Balaban J connectivity index is 1.33. The Morgan fingerprint density at radius 2 is 1.45 bits per heavy atom. The second-order valence-electron chi connectivity index (χ2n) is 16.7. The monoisotopic (exact) mass is 767 g/mol. The lowest BCUT2D eigenvalue weighted by molar-refractivity contribution is -0.105. The third kappa shape index (κ3) is 12.7. The first-order chi connectivity index (χ1) is 26.1. The summed E-state index contributed by atoms with van der Waals surface area (Å²) in [6.45, 7) is 22.9. The molecule has 2 unspecified atom stereocenters. The van der Waals surface area contributed by atoms with Gasteiger partial charge in [0.05, 0.1) is 18.4 Å². The molecule has 0 aliphatic carbocycles. The van der Waals surface area contributed by atoms with Gasteiger partial charge in [0.25, 0.3) is 0 Å². The molecule has 0 heterocycles. The molecule has 4 rings (SSSR count). The molecule has 0 fully saturated rings. The molecule has 0 radical (unpaired) electrons. The first kappa shape index (κ1) is 43.6. The van der Waals surface area contributed by atoms with Crippen molar-refractivity contribution in [3.05, 3.63) is 119 Å². The number of phenolic OH excluding ortho intramolecular Hbond substituents is 2. The van der Waals surface area contributed by atoms with Crippen LogP contribution in [0.25, 0.3) is 0 Å². The fraction of sp³-hybridized carbons (Fsp3) is 0.457. The van der Waals surface area contributed by atoms with Crippen LogP contribution in [-0.2, 0) is 22.1 Å². The van der Waals surface area contributed by atoms with E-state index in [9.17, 15) is 15.0 Å². The highest BCUT2D eigenvalue weighted by Gasteiger charge is 2.39. The molecule has 298 valence electrons. The number of amides is 1. The third-order valence-corrected chi connectivity index (χ3v) is 15.5. The van der Waals surface area contributed by atoms with E-state index in [0.717, 1.165) is 54.8 Å². The van der Waals surface area contributed by atoms with E-state index >= 15 is 0 Å². The Bertz CT molecular complexity index is 1770. The van der Waals surface area contributed by atoms with Crippen molar-refractivity contribution in [2.45, 2.75) is 110 Å². The molecule has 0 aliphatic rings. The molecule has 0 saturated heterocycles. The number of rotatable bonds is 21. The zero-order valence-electron chi connectivity index (χ0n) is 34.6. The van der Waals surface area contributed by atoms with Gasteiger partial charge >= 0.3 is 0 Å².